The second-order valence-corrected chi connectivity index (χ2v) is 6.47. The molecule has 0 radical (unpaired) electrons. The van der Waals surface area contributed by atoms with Gasteiger partial charge in [0, 0.05) is 24.2 Å². The maximum absolute atomic E-state index is 10.4. The van der Waals surface area contributed by atoms with Crippen LogP contribution in [0.5, 0.6) is 11.5 Å². The van der Waals surface area contributed by atoms with Crippen LogP contribution >= 0.6 is 0 Å². The number of phenols is 2. The smallest absolute Gasteiger partial charge is 0.123 e. The van der Waals surface area contributed by atoms with Crippen LogP contribution in [0.3, 0.4) is 0 Å². The molecular formula is C21H30N2O2. The molecule has 0 saturated heterocycles. The van der Waals surface area contributed by atoms with E-state index in [1.807, 2.05) is 14.1 Å². The van der Waals surface area contributed by atoms with Gasteiger partial charge in [0.1, 0.15) is 11.5 Å². The lowest BCUT2D eigenvalue weighted by Gasteiger charge is -2.15. The molecule has 0 unspecified atom stereocenters. The van der Waals surface area contributed by atoms with E-state index in [2.05, 4.69) is 48.7 Å². The van der Waals surface area contributed by atoms with Crippen LogP contribution in [-0.2, 0) is 32.4 Å². The number of hydrogen-bond donors (Lipinski definition) is 4. The first-order chi connectivity index (χ1) is 12.0. The van der Waals surface area contributed by atoms with Crippen molar-refractivity contribution in [1.82, 2.24) is 10.6 Å². The second kappa shape index (κ2) is 8.88. The molecule has 0 spiro atoms. The van der Waals surface area contributed by atoms with Gasteiger partial charge in [0.05, 0.1) is 0 Å². The Morgan fingerprint density at radius 3 is 1.36 bits per heavy atom. The van der Waals surface area contributed by atoms with Crippen molar-refractivity contribution in [2.24, 2.45) is 0 Å². The van der Waals surface area contributed by atoms with Crippen molar-refractivity contribution in [3.63, 3.8) is 0 Å². The fraction of sp³-hybridized carbons (Fsp3) is 0.429. The lowest BCUT2D eigenvalue weighted by molar-refractivity contribution is 0.459. The van der Waals surface area contributed by atoms with Crippen LogP contribution in [0.2, 0.25) is 0 Å². The third-order valence-electron chi connectivity index (χ3n) is 4.56. The monoisotopic (exact) mass is 342 g/mol. The summed E-state index contributed by atoms with van der Waals surface area (Å²) in [6.07, 6.45) is 2.39. The highest BCUT2D eigenvalue weighted by Crippen LogP contribution is 2.29. The van der Waals surface area contributed by atoms with E-state index >= 15 is 0 Å². The highest BCUT2D eigenvalue weighted by molar-refractivity contribution is 5.48. The third kappa shape index (κ3) is 4.53. The molecule has 0 aliphatic carbocycles. The quantitative estimate of drug-likeness (QED) is 0.595. The van der Waals surface area contributed by atoms with Crippen LogP contribution < -0.4 is 10.6 Å². The van der Waals surface area contributed by atoms with Crippen LogP contribution in [0.4, 0.5) is 0 Å². The first-order valence-electron chi connectivity index (χ1n) is 9.00. The fourth-order valence-electron chi connectivity index (χ4n) is 3.29. The van der Waals surface area contributed by atoms with Crippen LogP contribution in [0.15, 0.2) is 24.3 Å². The lowest BCUT2D eigenvalue weighted by Crippen LogP contribution is -2.08. The second-order valence-electron chi connectivity index (χ2n) is 6.47. The first-order valence-corrected chi connectivity index (χ1v) is 9.00. The molecule has 25 heavy (non-hydrogen) atoms. The van der Waals surface area contributed by atoms with Gasteiger partial charge < -0.3 is 20.8 Å². The zero-order valence-electron chi connectivity index (χ0n) is 15.7. The summed E-state index contributed by atoms with van der Waals surface area (Å²) in [5.74, 6) is 0.799. The van der Waals surface area contributed by atoms with E-state index in [9.17, 15) is 10.2 Å². The zero-order chi connectivity index (χ0) is 18.4. The minimum absolute atomic E-state index is 0.399. The molecule has 0 saturated carbocycles. The number of aromatic hydroxyl groups is 2. The molecule has 136 valence electrons. The average Bonchev–Trinajstić information content (AvgIpc) is 2.60. The van der Waals surface area contributed by atoms with E-state index in [-0.39, 0.29) is 0 Å². The van der Waals surface area contributed by atoms with E-state index in [1.54, 1.807) is 0 Å². The van der Waals surface area contributed by atoms with Gasteiger partial charge in [-0.2, -0.15) is 0 Å². The molecule has 0 aromatic heterocycles. The van der Waals surface area contributed by atoms with Gasteiger partial charge in [-0.25, -0.2) is 0 Å². The Kier molecular flexibility index (Phi) is 6.85. The van der Waals surface area contributed by atoms with Crippen LogP contribution in [0, 0.1) is 0 Å². The maximum atomic E-state index is 10.4. The molecule has 0 fully saturated rings. The van der Waals surface area contributed by atoms with Gasteiger partial charge in [0.25, 0.3) is 0 Å². The zero-order valence-corrected chi connectivity index (χ0v) is 15.7. The van der Waals surface area contributed by atoms with Crippen molar-refractivity contribution in [3.8, 4) is 11.5 Å². The molecule has 0 bridgehead atoms. The topological polar surface area (TPSA) is 64.5 Å². The summed E-state index contributed by atoms with van der Waals surface area (Å²) in [6, 6.07) is 8.32. The van der Waals surface area contributed by atoms with E-state index < -0.39 is 0 Å². The number of hydrogen-bond acceptors (Lipinski definition) is 4. The Hall–Kier alpha value is -2.04. The van der Waals surface area contributed by atoms with Crippen LogP contribution in [0.1, 0.15) is 47.2 Å². The predicted octanol–water partition coefficient (Wildman–Crippen LogP) is 3.25. The molecule has 4 N–H and O–H groups in total. The van der Waals surface area contributed by atoms with Gasteiger partial charge in [-0.1, -0.05) is 38.1 Å². The van der Waals surface area contributed by atoms with Crippen molar-refractivity contribution in [2.75, 3.05) is 14.1 Å². The predicted molar refractivity (Wildman–Crippen MR) is 103 cm³/mol. The molecule has 0 aliphatic heterocycles. The summed E-state index contributed by atoms with van der Waals surface area (Å²) in [5, 5.41) is 27.0. The molecular weight excluding hydrogens is 312 g/mol. The molecule has 0 heterocycles. The summed E-state index contributed by atoms with van der Waals surface area (Å²) in [6.45, 7) is 5.41. The first kappa shape index (κ1) is 19.3. The van der Waals surface area contributed by atoms with E-state index in [0.29, 0.717) is 24.6 Å². The Balaban J connectivity index is 2.41. The standard InChI is InChI=1S/C21H30N2O2/c1-5-16-8-14(10-18(12-22-3)20(16)24)7-15-9-17(6-2)21(25)19(11-15)13-23-4/h8-11,22-25H,5-7,12-13H2,1-4H3. The number of nitrogens with one attached hydrogen (secondary N) is 2. The minimum Gasteiger partial charge on any atom is -0.507 e. The Morgan fingerprint density at radius 1 is 0.680 bits per heavy atom. The van der Waals surface area contributed by atoms with E-state index in [4.69, 9.17) is 0 Å². The van der Waals surface area contributed by atoms with Gasteiger partial charge in [-0.3, -0.25) is 0 Å². The molecule has 4 heteroatoms. The molecule has 2 rings (SSSR count). The largest absolute Gasteiger partial charge is 0.507 e. The summed E-state index contributed by atoms with van der Waals surface area (Å²) in [7, 11) is 3.77. The molecule has 0 atom stereocenters. The summed E-state index contributed by atoms with van der Waals surface area (Å²) < 4.78 is 0. The number of rotatable bonds is 8. The van der Waals surface area contributed by atoms with Crippen molar-refractivity contribution in [3.05, 3.63) is 57.6 Å². The summed E-state index contributed by atoms with van der Waals surface area (Å²) in [4.78, 5) is 0. The highest BCUT2D eigenvalue weighted by Gasteiger charge is 2.12. The molecule has 2 aromatic carbocycles. The molecule has 0 aliphatic rings. The Morgan fingerprint density at radius 2 is 1.04 bits per heavy atom. The van der Waals surface area contributed by atoms with Crippen molar-refractivity contribution < 1.29 is 10.2 Å². The molecule has 2 aromatic rings. The highest BCUT2D eigenvalue weighted by atomic mass is 16.3. The molecule has 0 amide bonds. The van der Waals surface area contributed by atoms with Gasteiger partial charge in [-0.05, 0) is 55.6 Å². The van der Waals surface area contributed by atoms with Gasteiger partial charge >= 0.3 is 0 Å². The number of benzene rings is 2. The minimum atomic E-state index is 0.399. The van der Waals surface area contributed by atoms with Crippen molar-refractivity contribution in [2.45, 2.75) is 46.2 Å². The van der Waals surface area contributed by atoms with Crippen LogP contribution in [-0.4, -0.2) is 24.3 Å². The van der Waals surface area contributed by atoms with E-state index in [0.717, 1.165) is 41.5 Å². The number of aryl methyl sites for hydroxylation is 2. The fourth-order valence-corrected chi connectivity index (χ4v) is 3.29. The summed E-state index contributed by atoms with van der Waals surface area (Å²) >= 11 is 0. The third-order valence-corrected chi connectivity index (χ3v) is 4.56. The van der Waals surface area contributed by atoms with Gasteiger partial charge in [0.15, 0.2) is 0 Å². The lowest BCUT2D eigenvalue weighted by atomic mass is 9.94. The maximum Gasteiger partial charge on any atom is 0.123 e. The van der Waals surface area contributed by atoms with E-state index in [1.165, 1.54) is 11.1 Å². The SMILES string of the molecule is CCc1cc(Cc2cc(CC)c(O)c(CNC)c2)cc(CNC)c1O. The normalized spacial score (nSPS) is 11.0. The van der Waals surface area contributed by atoms with Crippen molar-refractivity contribution >= 4 is 0 Å². The molecule has 4 nitrogen and oxygen atoms in total. The van der Waals surface area contributed by atoms with Crippen molar-refractivity contribution in [1.29, 1.82) is 0 Å². The Bertz CT molecular complexity index is 665. The summed E-state index contributed by atoms with van der Waals surface area (Å²) in [5.41, 5.74) is 6.19. The number of phenolic OH excluding ortho intramolecular Hbond substituents is 2. The van der Waals surface area contributed by atoms with Gasteiger partial charge in [-0.15, -0.1) is 0 Å². The Labute approximate surface area is 150 Å². The van der Waals surface area contributed by atoms with Crippen LogP contribution in [0.25, 0.3) is 0 Å². The van der Waals surface area contributed by atoms with Gasteiger partial charge in [0.2, 0.25) is 0 Å². The average molecular weight is 342 g/mol.